The van der Waals surface area contributed by atoms with E-state index in [1.165, 1.54) is 11.1 Å². The molecule has 3 aliphatic rings. The predicted molar refractivity (Wildman–Crippen MR) is 150 cm³/mol. The van der Waals surface area contributed by atoms with Gasteiger partial charge in [0.25, 0.3) is 12.6 Å². The third-order valence-corrected chi connectivity index (χ3v) is 8.39. The zero-order chi connectivity index (χ0) is 29.9. The lowest BCUT2D eigenvalue weighted by Gasteiger charge is -2.53. The Kier molecular flexibility index (Phi) is 6.51. The number of nitrogens with zero attached hydrogens (tertiary/aromatic N) is 6. The van der Waals surface area contributed by atoms with Gasteiger partial charge in [-0.3, -0.25) is 15.0 Å². The van der Waals surface area contributed by atoms with Crippen LogP contribution in [0.4, 0.5) is 20.3 Å². The Morgan fingerprint density at radius 1 is 1.26 bits per heavy atom. The first-order chi connectivity index (χ1) is 20.8. The third kappa shape index (κ3) is 4.47. The van der Waals surface area contributed by atoms with Crippen LogP contribution in [0.5, 0.6) is 5.88 Å². The number of fused-ring (bicyclic) bond motifs is 3. The van der Waals surface area contributed by atoms with Gasteiger partial charge in [-0.1, -0.05) is 18.1 Å². The third-order valence-electron chi connectivity index (χ3n) is 8.39. The lowest BCUT2D eigenvalue weighted by molar-refractivity contribution is -0.519. The molecule has 7 rings (SSSR count). The van der Waals surface area contributed by atoms with E-state index in [1.54, 1.807) is 30.3 Å². The van der Waals surface area contributed by atoms with Crippen LogP contribution in [0.2, 0.25) is 0 Å². The fourth-order valence-electron chi connectivity index (χ4n) is 6.05. The van der Waals surface area contributed by atoms with Gasteiger partial charge >= 0.3 is 0 Å². The Morgan fingerprint density at radius 2 is 2.07 bits per heavy atom. The first-order valence-corrected chi connectivity index (χ1v) is 13.8. The first-order valence-electron chi connectivity index (χ1n) is 13.8. The molecule has 3 fully saturated rings. The second kappa shape index (κ2) is 10.3. The molecule has 0 aliphatic carbocycles. The predicted octanol–water partition coefficient (Wildman–Crippen LogP) is 3.94. The summed E-state index contributed by atoms with van der Waals surface area (Å²) in [6, 6.07) is 8.53. The maximum absolute atomic E-state index is 13.9. The zero-order valence-corrected chi connectivity index (χ0v) is 23.0. The molecule has 0 amide bonds. The normalized spacial score (nSPS) is 23.2. The largest absolute Gasteiger partial charge is 0.471 e. The molecular formula is C29H26F2N6O6. The molecule has 3 saturated heterocycles. The molecule has 0 bridgehead atoms. The summed E-state index contributed by atoms with van der Waals surface area (Å²) in [5, 5.41) is 12.8. The number of pyridine rings is 1. The number of ether oxygens (including phenoxy) is 3. The second-order valence-electron chi connectivity index (χ2n) is 10.8. The molecule has 3 atom stereocenters. The van der Waals surface area contributed by atoms with Gasteiger partial charge < -0.3 is 23.5 Å². The van der Waals surface area contributed by atoms with Crippen molar-refractivity contribution in [3.8, 4) is 18.2 Å². The van der Waals surface area contributed by atoms with Crippen molar-refractivity contribution in [3.63, 3.8) is 0 Å². The summed E-state index contributed by atoms with van der Waals surface area (Å²) in [4.78, 5) is 27.8. The van der Waals surface area contributed by atoms with Gasteiger partial charge in [-0.25, -0.2) is 23.7 Å². The molecule has 6 heterocycles. The van der Waals surface area contributed by atoms with E-state index < -0.39 is 35.0 Å². The summed E-state index contributed by atoms with van der Waals surface area (Å²) < 4.78 is 51.6. The van der Waals surface area contributed by atoms with Gasteiger partial charge in [0, 0.05) is 28.6 Å². The summed E-state index contributed by atoms with van der Waals surface area (Å²) in [6.07, 6.45) is 2.06. The van der Waals surface area contributed by atoms with Crippen LogP contribution < -0.4 is 14.5 Å². The molecule has 14 heteroatoms. The van der Waals surface area contributed by atoms with Crippen LogP contribution >= 0.6 is 0 Å². The van der Waals surface area contributed by atoms with E-state index in [1.807, 2.05) is 6.92 Å². The number of morpholine rings is 1. The van der Waals surface area contributed by atoms with Gasteiger partial charge in [-0.2, -0.15) is 0 Å². The van der Waals surface area contributed by atoms with Gasteiger partial charge in [0.15, 0.2) is 17.2 Å². The Morgan fingerprint density at radius 3 is 2.79 bits per heavy atom. The lowest BCUT2D eigenvalue weighted by atomic mass is 9.90. The van der Waals surface area contributed by atoms with E-state index in [0.29, 0.717) is 48.6 Å². The van der Waals surface area contributed by atoms with Crippen molar-refractivity contribution in [2.75, 3.05) is 42.7 Å². The number of benzene rings is 1. The molecule has 0 radical (unpaired) electrons. The second-order valence-corrected chi connectivity index (χ2v) is 10.8. The first kappa shape index (κ1) is 27.2. The van der Waals surface area contributed by atoms with Gasteiger partial charge in [-0.05, 0) is 25.1 Å². The van der Waals surface area contributed by atoms with Crippen molar-refractivity contribution in [2.45, 2.75) is 43.7 Å². The number of hydrogen-bond donors (Lipinski definition) is 0. The number of rotatable bonds is 6. The molecule has 0 unspecified atom stereocenters. The SMILES string of the molecule is C#Cc1cnc(O[C@H]2C[C@@H]([N+](=O)[O-])N(c3nc(C(F)F)nc4c3oc3ccccc34)C2)c(N2CCOC3(COC3)[C@@H]2C)c1. The molecule has 3 aliphatic heterocycles. The number of alkyl halides is 2. The number of hydrogen-bond acceptors (Lipinski definition) is 11. The highest BCUT2D eigenvalue weighted by molar-refractivity contribution is 6.05. The van der Waals surface area contributed by atoms with E-state index in [0.717, 1.165) is 0 Å². The van der Waals surface area contributed by atoms with Crippen molar-refractivity contribution < 1.29 is 32.3 Å². The maximum atomic E-state index is 13.9. The van der Waals surface area contributed by atoms with Crippen LogP contribution in [-0.2, 0) is 9.47 Å². The van der Waals surface area contributed by atoms with Crippen molar-refractivity contribution in [1.29, 1.82) is 0 Å². The molecule has 3 aromatic heterocycles. The summed E-state index contributed by atoms with van der Waals surface area (Å²) in [5.41, 5.74) is 1.37. The standard InChI is InChI=1S/C29H26F2N6O6/c1-3-17-10-20(35-8-9-41-29(16(35)2)14-40-15-29)28(32-12-17)42-18-11-22(37(38)39)36(13-18)27-24-23(33-26(34-27)25(30)31)19-6-4-5-7-21(19)43-24/h1,4-7,10,12,16,18,22,25H,8-9,11,13-15H2,2H3/t16-,18-,22+/m0/s1. The lowest BCUT2D eigenvalue weighted by Crippen LogP contribution is -2.68. The number of furan rings is 1. The minimum atomic E-state index is -3.00. The van der Waals surface area contributed by atoms with Crippen LogP contribution in [0.15, 0.2) is 40.9 Å². The van der Waals surface area contributed by atoms with Gasteiger partial charge in [0.05, 0.1) is 38.8 Å². The molecule has 4 aromatic rings. The van der Waals surface area contributed by atoms with Crippen molar-refractivity contribution in [3.05, 3.63) is 58.0 Å². The van der Waals surface area contributed by atoms with Crippen molar-refractivity contribution >= 4 is 33.6 Å². The Balaban J connectivity index is 1.25. The molecule has 222 valence electrons. The minimum absolute atomic E-state index is 0.0358. The van der Waals surface area contributed by atoms with Gasteiger partial charge in [0.1, 0.15) is 28.5 Å². The van der Waals surface area contributed by atoms with Crippen LogP contribution in [0.3, 0.4) is 0 Å². The number of terminal acetylenes is 1. The smallest absolute Gasteiger partial charge is 0.297 e. The van der Waals surface area contributed by atoms with E-state index in [-0.39, 0.29) is 41.8 Å². The topological polar surface area (TPSA) is 129 Å². The van der Waals surface area contributed by atoms with E-state index >= 15 is 0 Å². The molecule has 1 aromatic carbocycles. The average Bonchev–Trinajstić information content (AvgIpc) is 3.58. The van der Waals surface area contributed by atoms with E-state index in [4.69, 9.17) is 25.1 Å². The zero-order valence-electron chi connectivity index (χ0n) is 23.0. The fourth-order valence-corrected chi connectivity index (χ4v) is 6.05. The van der Waals surface area contributed by atoms with Gasteiger partial charge in [-0.15, -0.1) is 6.42 Å². The van der Waals surface area contributed by atoms with Crippen LogP contribution in [-0.4, -0.2) is 76.7 Å². The van der Waals surface area contributed by atoms with Gasteiger partial charge in [0.2, 0.25) is 5.88 Å². The number of halogens is 2. The van der Waals surface area contributed by atoms with E-state index in [2.05, 4.69) is 25.8 Å². The molecule has 43 heavy (non-hydrogen) atoms. The molecular weight excluding hydrogens is 566 g/mol. The van der Waals surface area contributed by atoms with E-state index in [9.17, 15) is 18.9 Å². The number of anilines is 2. The summed E-state index contributed by atoms with van der Waals surface area (Å²) in [5.74, 6) is 2.02. The van der Waals surface area contributed by atoms with Crippen molar-refractivity contribution in [2.24, 2.45) is 0 Å². The molecule has 0 saturated carbocycles. The number of para-hydroxylation sites is 1. The maximum Gasteiger partial charge on any atom is 0.297 e. The quantitative estimate of drug-likeness (QED) is 0.183. The van der Waals surface area contributed by atoms with Crippen LogP contribution in [0.1, 0.15) is 31.2 Å². The monoisotopic (exact) mass is 592 g/mol. The number of aromatic nitrogens is 3. The highest BCUT2D eigenvalue weighted by atomic mass is 19.3. The fraction of sp³-hybridized carbons (Fsp3) is 0.414. The minimum Gasteiger partial charge on any atom is -0.471 e. The highest BCUT2D eigenvalue weighted by Gasteiger charge is 2.50. The highest BCUT2D eigenvalue weighted by Crippen LogP contribution is 2.41. The van der Waals surface area contributed by atoms with Crippen LogP contribution in [0, 0.1) is 22.5 Å². The summed E-state index contributed by atoms with van der Waals surface area (Å²) in [6.45, 7) is 3.92. The Bertz CT molecular complexity index is 1770. The molecule has 0 N–H and O–H groups in total. The Labute approximate surface area is 243 Å². The number of nitro groups is 1. The van der Waals surface area contributed by atoms with Crippen LogP contribution in [0.25, 0.3) is 22.1 Å². The van der Waals surface area contributed by atoms with Crippen molar-refractivity contribution in [1.82, 2.24) is 15.0 Å². The Hall–Kier alpha value is -4.61. The summed E-state index contributed by atoms with van der Waals surface area (Å²) in [7, 11) is 0. The average molecular weight is 593 g/mol. The summed E-state index contributed by atoms with van der Waals surface area (Å²) >= 11 is 0. The molecule has 12 nitrogen and oxygen atoms in total. The molecule has 1 spiro atoms.